The molecule has 3 nitrogen and oxygen atoms in total. The van der Waals surface area contributed by atoms with E-state index in [4.69, 9.17) is 27.9 Å². The van der Waals surface area contributed by atoms with Gasteiger partial charge >= 0.3 is 5.97 Å². The van der Waals surface area contributed by atoms with Crippen LogP contribution in [0.25, 0.3) is 0 Å². The topological polar surface area (TPSA) is 46.5 Å². The van der Waals surface area contributed by atoms with Gasteiger partial charge in [-0.3, -0.25) is 0 Å². The minimum Gasteiger partial charge on any atom is -0.478 e. The Kier molecular flexibility index (Phi) is 5.10. The minimum atomic E-state index is -1.04. The van der Waals surface area contributed by atoms with Gasteiger partial charge in [0.1, 0.15) is 5.75 Å². The quantitative estimate of drug-likeness (QED) is 0.887. The maximum atomic E-state index is 11.4. The van der Waals surface area contributed by atoms with E-state index in [-0.39, 0.29) is 6.42 Å². The van der Waals surface area contributed by atoms with Gasteiger partial charge in [-0.2, -0.15) is 0 Å². The molecule has 0 radical (unpaired) electrons. The molecular formula is C16H14Cl2O3. The Morgan fingerprint density at radius 2 is 1.95 bits per heavy atom. The van der Waals surface area contributed by atoms with Gasteiger partial charge in [0.2, 0.25) is 0 Å². The van der Waals surface area contributed by atoms with E-state index in [1.807, 2.05) is 13.0 Å². The molecule has 21 heavy (non-hydrogen) atoms. The SMILES string of the molecule is Cc1cc(Cl)ccc1C[C@H](Oc1ccccc1Cl)C(=O)O. The molecule has 1 N–H and O–H groups in total. The first kappa shape index (κ1) is 15.7. The summed E-state index contributed by atoms with van der Waals surface area (Å²) in [6.07, 6.45) is -0.770. The molecule has 0 amide bonds. The zero-order valence-corrected chi connectivity index (χ0v) is 12.9. The average Bonchev–Trinajstić information content (AvgIpc) is 2.42. The molecule has 0 bridgehead atoms. The van der Waals surface area contributed by atoms with Gasteiger partial charge in [-0.05, 0) is 42.3 Å². The van der Waals surface area contributed by atoms with Gasteiger partial charge in [-0.15, -0.1) is 0 Å². The van der Waals surface area contributed by atoms with Gasteiger partial charge in [0, 0.05) is 11.4 Å². The smallest absolute Gasteiger partial charge is 0.345 e. The molecule has 0 saturated heterocycles. The third-order valence-electron chi connectivity index (χ3n) is 3.09. The number of hydrogen-bond donors (Lipinski definition) is 1. The molecule has 0 aromatic heterocycles. The van der Waals surface area contributed by atoms with Crippen molar-refractivity contribution in [1.29, 1.82) is 0 Å². The lowest BCUT2D eigenvalue weighted by Crippen LogP contribution is -2.29. The van der Waals surface area contributed by atoms with Gasteiger partial charge in [-0.25, -0.2) is 4.79 Å². The van der Waals surface area contributed by atoms with Crippen molar-refractivity contribution in [3.8, 4) is 5.75 Å². The summed E-state index contributed by atoms with van der Waals surface area (Å²) >= 11 is 11.9. The van der Waals surface area contributed by atoms with Crippen molar-refractivity contribution in [1.82, 2.24) is 0 Å². The number of para-hydroxylation sites is 1. The van der Waals surface area contributed by atoms with Crippen LogP contribution in [0.1, 0.15) is 11.1 Å². The molecule has 0 aliphatic carbocycles. The van der Waals surface area contributed by atoms with Crippen molar-refractivity contribution in [2.45, 2.75) is 19.4 Å². The molecule has 2 aromatic rings. The number of rotatable bonds is 5. The maximum absolute atomic E-state index is 11.4. The molecule has 1 atom stereocenters. The van der Waals surface area contributed by atoms with E-state index in [2.05, 4.69) is 0 Å². The summed E-state index contributed by atoms with van der Waals surface area (Å²) in [6, 6.07) is 12.1. The number of hydrogen-bond acceptors (Lipinski definition) is 2. The van der Waals surface area contributed by atoms with Gasteiger partial charge in [0.25, 0.3) is 0 Å². The first-order valence-corrected chi connectivity index (χ1v) is 7.12. The molecule has 0 heterocycles. The van der Waals surface area contributed by atoms with Gasteiger partial charge in [0.05, 0.1) is 5.02 Å². The van der Waals surface area contributed by atoms with Gasteiger partial charge in [0.15, 0.2) is 6.10 Å². The fourth-order valence-electron chi connectivity index (χ4n) is 1.96. The molecule has 110 valence electrons. The van der Waals surface area contributed by atoms with Crippen molar-refractivity contribution in [2.24, 2.45) is 0 Å². The summed E-state index contributed by atoms with van der Waals surface area (Å²) in [6.45, 7) is 1.88. The summed E-state index contributed by atoms with van der Waals surface area (Å²) in [5.41, 5.74) is 1.80. The Balaban J connectivity index is 2.20. The molecule has 0 spiro atoms. The lowest BCUT2D eigenvalue weighted by molar-refractivity contribution is -0.145. The molecule has 5 heteroatoms. The minimum absolute atomic E-state index is 0.240. The van der Waals surface area contributed by atoms with Gasteiger partial charge in [-0.1, -0.05) is 41.4 Å². The van der Waals surface area contributed by atoms with Crippen LogP contribution in [0.5, 0.6) is 5.75 Å². The number of ether oxygens (including phenoxy) is 1. The molecule has 0 aliphatic rings. The zero-order valence-electron chi connectivity index (χ0n) is 11.3. The molecular weight excluding hydrogens is 311 g/mol. The first-order valence-electron chi connectivity index (χ1n) is 6.36. The van der Waals surface area contributed by atoms with Crippen molar-refractivity contribution < 1.29 is 14.6 Å². The number of carbonyl (C=O) groups is 1. The third kappa shape index (κ3) is 4.13. The summed E-state index contributed by atoms with van der Waals surface area (Å²) in [4.78, 5) is 11.4. The second-order valence-corrected chi connectivity index (χ2v) is 5.49. The average molecular weight is 325 g/mol. The van der Waals surface area contributed by atoms with E-state index in [1.165, 1.54) is 0 Å². The van der Waals surface area contributed by atoms with E-state index in [1.54, 1.807) is 36.4 Å². The van der Waals surface area contributed by atoms with E-state index in [0.29, 0.717) is 15.8 Å². The molecule has 0 saturated carbocycles. The summed E-state index contributed by atoms with van der Waals surface area (Å²) in [5, 5.41) is 10.3. The lowest BCUT2D eigenvalue weighted by Gasteiger charge is -2.17. The fourth-order valence-corrected chi connectivity index (χ4v) is 2.37. The molecule has 2 aromatic carbocycles. The highest BCUT2D eigenvalue weighted by Gasteiger charge is 2.22. The monoisotopic (exact) mass is 324 g/mol. The van der Waals surface area contributed by atoms with E-state index < -0.39 is 12.1 Å². The second-order valence-electron chi connectivity index (χ2n) is 4.65. The van der Waals surface area contributed by atoms with Crippen LogP contribution in [0, 0.1) is 6.92 Å². The largest absolute Gasteiger partial charge is 0.478 e. The molecule has 0 aliphatic heterocycles. The van der Waals surface area contributed by atoms with Gasteiger partial charge < -0.3 is 9.84 Å². The van der Waals surface area contributed by atoms with Crippen LogP contribution in [0.15, 0.2) is 42.5 Å². The Hall–Kier alpha value is -1.71. The van der Waals surface area contributed by atoms with E-state index >= 15 is 0 Å². The predicted octanol–water partition coefficient (Wildman–Crippen LogP) is 4.38. The van der Waals surface area contributed by atoms with Crippen molar-refractivity contribution in [3.63, 3.8) is 0 Å². The van der Waals surface area contributed by atoms with Crippen LogP contribution < -0.4 is 4.74 Å². The Bertz CT molecular complexity index is 656. The number of carboxylic acids is 1. The van der Waals surface area contributed by atoms with Crippen LogP contribution in [0.3, 0.4) is 0 Å². The summed E-state index contributed by atoms with van der Waals surface area (Å²) in [7, 11) is 0. The highest BCUT2D eigenvalue weighted by atomic mass is 35.5. The maximum Gasteiger partial charge on any atom is 0.345 e. The van der Waals surface area contributed by atoms with E-state index in [0.717, 1.165) is 11.1 Å². The molecule has 0 unspecified atom stereocenters. The Morgan fingerprint density at radius 3 is 2.57 bits per heavy atom. The number of benzene rings is 2. The van der Waals surface area contributed by atoms with Crippen LogP contribution in [0.4, 0.5) is 0 Å². The highest BCUT2D eigenvalue weighted by molar-refractivity contribution is 6.32. The number of aliphatic carboxylic acids is 1. The second kappa shape index (κ2) is 6.83. The third-order valence-corrected chi connectivity index (χ3v) is 3.64. The number of halogens is 2. The van der Waals surface area contributed by atoms with Crippen LogP contribution >= 0.6 is 23.2 Å². The predicted molar refractivity (Wildman–Crippen MR) is 83.4 cm³/mol. The number of aryl methyl sites for hydroxylation is 1. The van der Waals surface area contributed by atoms with Crippen LogP contribution in [-0.2, 0) is 11.2 Å². The standard InChI is InChI=1S/C16H14Cl2O3/c1-10-8-12(17)7-6-11(10)9-15(16(19)20)21-14-5-3-2-4-13(14)18/h2-8,15H,9H2,1H3,(H,19,20)/t15-/m0/s1. The molecule has 2 rings (SSSR count). The lowest BCUT2D eigenvalue weighted by atomic mass is 10.0. The fraction of sp³-hybridized carbons (Fsp3) is 0.188. The van der Waals surface area contributed by atoms with Crippen molar-refractivity contribution in [3.05, 3.63) is 63.6 Å². The summed E-state index contributed by atoms with van der Waals surface area (Å²) in [5.74, 6) is -0.678. The molecule has 0 fully saturated rings. The van der Waals surface area contributed by atoms with Crippen molar-refractivity contribution in [2.75, 3.05) is 0 Å². The van der Waals surface area contributed by atoms with Crippen molar-refractivity contribution >= 4 is 29.2 Å². The Labute approximate surface area is 133 Å². The van der Waals surface area contributed by atoms with E-state index in [9.17, 15) is 9.90 Å². The normalized spacial score (nSPS) is 12.0. The highest BCUT2D eigenvalue weighted by Crippen LogP contribution is 2.25. The van der Waals surface area contributed by atoms with Crippen LogP contribution in [0.2, 0.25) is 10.0 Å². The van der Waals surface area contributed by atoms with Crippen LogP contribution in [-0.4, -0.2) is 17.2 Å². The first-order chi connectivity index (χ1) is 9.97. The number of carboxylic acid groups (broad SMARTS) is 1. The Morgan fingerprint density at radius 1 is 1.24 bits per heavy atom. The summed E-state index contributed by atoms with van der Waals surface area (Å²) < 4.78 is 5.53. The zero-order chi connectivity index (χ0) is 15.4.